The van der Waals surface area contributed by atoms with Gasteiger partial charge in [-0.3, -0.25) is 15.2 Å². The van der Waals surface area contributed by atoms with Crippen molar-refractivity contribution in [3.63, 3.8) is 0 Å². The van der Waals surface area contributed by atoms with Crippen LogP contribution in [-0.2, 0) is 6.42 Å². The zero-order valence-corrected chi connectivity index (χ0v) is 9.80. The molecule has 0 aliphatic heterocycles. The Morgan fingerprint density at radius 1 is 1.33 bits per heavy atom. The molecule has 94 valence electrons. The van der Waals surface area contributed by atoms with Crippen LogP contribution in [-0.4, -0.2) is 22.3 Å². The predicted octanol–water partition coefficient (Wildman–Crippen LogP) is 0.0499. The van der Waals surface area contributed by atoms with Crippen molar-refractivity contribution in [1.29, 1.82) is 0 Å². The largest absolute Gasteiger partial charge is 0.497 e. The Kier molecular flexibility index (Phi) is 3.54. The Morgan fingerprint density at radius 2 is 2.06 bits per heavy atom. The molecule has 1 heterocycles. The third-order valence-electron chi connectivity index (χ3n) is 2.43. The molecule has 2 rings (SSSR count). The van der Waals surface area contributed by atoms with Crippen LogP contribution in [0.2, 0.25) is 0 Å². The second-order valence-corrected chi connectivity index (χ2v) is 3.62. The van der Waals surface area contributed by atoms with Crippen molar-refractivity contribution < 1.29 is 4.74 Å². The Hall–Kier alpha value is -2.41. The first kappa shape index (κ1) is 12.1. The smallest absolute Gasteiger partial charge is 0.274 e. The number of H-pyrrole nitrogens is 1. The molecule has 1 aromatic heterocycles. The van der Waals surface area contributed by atoms with Crippen molar-refractivity contribution in [3.05, 3.63) is 45.9 Å². The maximum Gasteiger partial charge on any atom is 0.274 e. The van der Waals surface area contributed by atoms with Crippen molar-refractivity contribution in [3.8, 4) is 5.75 Å². The molecule has 18 heavy (non-hydrogen) atoms. The third-order valence-corrected chi connectivity index (χ3v) is 2.43. The van der Waals surface area contributed by atoms with Crippen LogP contribution in [0, 0.1) is 0 Å². The number of aromatic amines is 1. The van der Waals surface area contributed by atoms with E-state index >= 15 is 0 Å². The third kappa shape index (κ3) is 2.64. The van der Waals surface area contributed by atoms with Crippen molar-refractivity contribution in [2.45, 2.75) is 6.42 Å². The number of hydrogen-bond donors (Lipinski definition) is 3. The van der Waals surface area contributed by atoms with Gasteiger partial charge in [0.1, 0.15) is 11.4 Å². The summed E-state index contributed by atoms with van der Waals surface area (Å²) in [6.45, 7) is 0. The number of ether oxygens (including phenoxy) is 1. The summed E-state index contributed by atoms with van der Waals surface area (Å²) in [4.78, 5) is 14.1. The lowest BCUT2D eigenvalue weighted by atomic mass is 10.1. The number of nitrogen functional groups attached to an aromatic ring is 1. The average Bonchev–Trinajstić information content (AvgIpc) is 2.42. The molecule has 0 fully saturated rings. The fourth-order valence-electron chi connectivity index (χ4n) is 1.48. The molecule has 0 atom stereocenters. The SMILES string of the molecule is COc1ccc(Cc2nnc(NN)[nH]c2=O)cc1. The van der Waals surface area contributed by atoms with Gasteiger partial charge in [0.25, 0.3) is 5.56 Å². The van der Waals surface area contributed by atoms with Crippen molar-refractivity contribution in [1.82, 2.24) is 15.2 Å². The fourth-order valence-corrected chi connectivity index (χ4v) is 1.48. The zero-order chi connectivity index (χ0) is 13.0. The molecule has 0 saturated carbocycles. The molecule has 7 nitrogen and oxygen atoms in total. The number of aromatic nitrogens is 3. The molecule has 0 aliphatic rings. The van der Waals surface area contributed by atoms with Crippen LogP contribution in [0.25, 0.3) is 0 Å². The number of rotatable bonds is 4. The monoisotopic (exact) mass is 247 g/mol. The second-order valence-electron chi connectivity index (χ2n) is 3.62. The molecule has 0 bridgehead atoms. The summed E-state index contributed by atoms with van der Waals surface area (Å²) in [6.07, 6.45) is 0.400. The first-order valence-corrected chi connectivity index (χ1v) is 5.28. The van der Waals surface area contributed by atoms with E-state index in [1.165, 1.54) is 0 Å². The summed E-state index contributed by atoms with van der Waals surface area (Å²) < 4.78 is 5.06. The van der Waals surface area contributed by atoms with Crippen LogP contribution >= 0.6 is 0 Å². The van der Waals surface area contributed by atoms with Crippen molar-refractivity contribution in [2.24, 2.45) is 5.84 Å². The number of nitrogens with zero attached hydrogens (tertiary/aromatic N) is 2. The van der Waals surface area contributed by atoms with Gasteiger partial charge in [-0.2, -0.15) is 0 Å². The molecule has 0 unspecified atom stereocenters. The first-order chi connectivity index (χ1) is 8.72. The van der Waals surface area contributed by atoms with Crippen LogP contribution in [0.5, 0.6) is 5.75 Å². The van der Waals surface area contributed by atoms with Gasteiger partial charge < -0.3 is 4.74 Å². The van der Waals surface area contributed by atoms with Gasteiger partial charge in [0.05, 0.1) is 7.11 Å². The van der Waals surface area contributed by atoms with Crippen LogP contribution in [0.4, 0.5) is 5.95 Å². The van der Waals surface area contributed by atoms with E-state index in [-0.39, 0.29) is 11.5 Å². The maximum absolute atomic E-state index is 11.6. The van der Waals surface area contributed by atoms with Crippen LogP contribution in [0.3, 0.4) is 0 Å². The molecule has 2 aromatic rings. The quantitative estimate of drug-likeness (QED) is 0.520. The van der Waals surface area contributed by atoms with Crippen LogP contribution < -0.4 is 21.6 Å². The average molecular weight is 247 g/mol. The van der Waals surface area contributed by atoms with E-state index < -0.39 is 0 Å². The number of hydrazine groups is 1. The molecular weight excluding hydrogens is 234 g/mol. The minimum Gasteiger partial charge on any atom is -0.497 e. The van der Waals surface area contributed by atoms with E-state index in [1.54, 1.807) is 7.11 Å². The number of methoxy groups -OCH3 is 1. The number of anilines is 1. The summed E-state index contributed by atoms with van der Waals surface area (Å²) >= 11 is 0. The molecule has 0 saturated heterocycles. The minimum absolute atomic E-state index is 0.137. The highest BCUT2D eigenvalue weighted by atomic mass is 16.5. The van der Waals surface area contributed by atoms with Gasteiger partial charge >= 0.3 is 0 Å². The normalized spacial score (nSPS) is 10.1. The molecule has 1 aromatic carbocycles. The van der Waals surface area contributed by atoms with Crippen LogP contribution in [0.15, 0.2) is 29.1 Å². The van der Waals surface area contributed by atoms with E-state index in [2.05, 4.69) is 20.6 Å². The molecule has 4 N–H and O–H groups in total. The maximum atomic E-state index is 11.6. The number of benzene rings is 1. The topological polar surface area (TPSA) is 106 Å². The van der Waals surface area contributed by atoms with Gasteiger partial charge in [-0.25, -0.2) is 5.84 Å². The second kappa shape index (κ2) is 5.28. The Balaban J connectivity index is 2.20. The van der Waals surface area contributed by atoms with Gasteiger partial charge in [0, 0.05) is 6.42 Å². The highest BCUT2D eigenvalue weighted by Gasteiger charge is 2.05. The van der Waals surface area contributed by atoms with Crippen molar-refractivity contribution >= 4 is 5.95 Å². The number of nitrogens with one attached hydrogen (secondary N) is 2. The Morgan fingerprint density at radius 3 is 2.61 bits per heavy atom. The predicted molar refractivity (Wildman–Crippen MR) is 66.3 cm³/mol. The Bertz CT molecular complexity index is 579. The highest BCUT2D eigenvalue weighted by molar-refractivity contribution is 5.29. The lowest BCUT2D eigenvalue weighted by Crippen LogP contribution is -2.21. The summed E-state index contributed by atoms with van der Waals surface area (Å²) in [7, 11) is 1.60. The van der Waals surface area contributed by atoms with Gasteiger partial charge in [-0.15, -0.1) is 10.2 Å². The summed E-state index contributed by atoms with van der Waals surface area (Å²) in [5.41, 5.74) is 3.20. The minimum atomic E-state index is -0.311. The van der Waals surface area contributed by atoms with Crippen molar-refractivity contribution in [2.75, 3.05) is 12.5 Å². The van der Waals surface area contributed by atoms with E-state index in [1.807, 2.05) is 24.3 Å². The number of hydrogen-bond acceptors (Lipinski definition) is 6. The molecule has 0 spiro atoms. The lowest BCUT2D eigenvalue weighted by Gasteiger charge is -2.03. The van der Waals surface area contributed by atoms with E-state index in [4.69, 9.17) is 10.6 Å². The lowest BCUT2D eigenvalue weighted by molar-refractivity contribution is 0.414. The van der Waals surface area contributed by atoms with Gasteiger partial charge in [0.2, 0.25) is 5.95 Å². The molecule has 7 heteroatoms. The molecule has 0 amide bonds. The van der Waals surface area contributed by atoms with Gasteiger partial charge in [0.15, 0.2) is 0 Å². The summed E-state index contributed by atoms with van der Waals surface area (Å²) in [5.74, 6) is 6.02. The zero-order valence-electron chi connectivity index (χ0n) is 9.80. The standard InChI is InChI=1S/C11H13N5O2/c1-18-8-4-2-7(3-5-8)6-9-10(17)13-11(14-12)16-15-9/h2-5H,6,12H2,1H3,(H2,13,14,16,17). The summed E-state index contributed by atoms with van der Waals surface area (Å²) in [5, 5.41) is 7.54. The van der Waals surface area contributed by atoms with Gasteiger partial charge in [-0.05, 0) is 17.7 Å². The summed E-state index contributed by atoms with van der Waals surface area (Å²) in [6, 6.07) is 7.39. The molecular formula is C11H13N5O2. The molecule has 0 radical (unpaired) electrons. The van der Waals surface area contributed by atoms with E-state index in [0.717, 1.165) is 11.3 Å². The highest BCUT2D eigenvalue weighted by Crippen LogP contribution is 2.12. The fraction of sp³-hybridized carbons (Fsp3) is 0.182. The van der Waals surface area contributed by atoms with Crippen LogP contribution in [0.1, 0.15) is 11.3 Å². The first-order valence-electron chi connectivity index (χ1n) is 5.28. The van der Waals surface area contributed by atoms with Gasteiger partial charge in [-0.1, -0.05) is 12.1 Å². The molecule has 0 aliphatic carbocycles. The van der Waals surface area contributed by atoms with E-state index in [9.17, 15) is 4.79 Å². The Labute approximate surface area is 103 Å². The van der Waals surface area contributed by atoms with E-state index in [0.29, 0.717) is 12.1 Å². The number of nitrogens with two attached hydrogens (primary N) is 1.